The lowest BCUT2D eigenvalue weighted by atomic mass is 10.1. The molecule has 6 nitrogen and oxygen atoms in total. The van der Waals surface area contributed by atoms with E-state index in [9.17, 15) is 9.59 Å². The number of methoxy groups -OCH3 is 2. The second-order valence-electron chi connectivity index (χ2n) is 5.56. The quantitative estimate of drug-likeness (QED) is 0.755. The van der Waals surface area contributed by atoms with Gasteiger partial charge in [0, 0.05) is 17.3 Å². The summed E-state index contributed by atoms with van der Waals surface area (Å²) in [5.74, 6) is 1.04. The van der Waals surface area contributed by atoms with Crippen LogP contribution in [0.4, 0.5) is 11.4 Å². The van der Waals surface area contributed by atoms with E-state index >= 15 is 0 Å². The molecule has 132 valence electrons. The summed E-state index contributed by atoms with van der Waals surface area (Å²) in [6.07, 6.45) is 0. The van der Waals surface area contributed by atoms with Crippen LogP contribution in [0.2, 0.25) is 0 Å². The number of ether oxygens (including phenoxy) is 2. The van der Waals surface area contributed by atoms with Crippen LogP contribution in [-0.2, 0) is 4.79 Å². The molecule has 2 rings (SSSR count). The fraction of sp³-hybridized carbons (Fsp3) is 0.263. The molecule has 0 saturated carbocycles. The van der Waals surface area contributed by atoms with Crippen molar-refractivity contribution in [3.8, 4) is 11.5 Å². The highest BCUT2D eigenvalue weighted by Crippen LogP contribution is 2.29. The van der Waals surface area contributed by atoms with Crippen LogP contribution >= 0.6 is 0 Å². The van der Waals surface area contributed by atoms with Crippen LogP contribution in [0, 0.1) is 0 Å². The van der Waals surface area contributed by atoms with Crippen molar-refractivity contribution in [1.82, 2.24) is 0 Å². The number of nitrogens with one attached hydrogen (secondary N) is 2. The third-order valence-corrected chi connectivity index (χ3v) is 3.73. The van der Waals surface area contributed by atoms with Crippen LogP contribution in [0.25, 0.3) is 0 Å². The molecule has 2 aromatic rings. The number of Topliss-reactive ketones (excluding diaryl/α,β-unsaturated/α-hetero) is 1. The number of amides is 1. The number of hydrogen-bond donors (Lipinski definition) is 2. The number of rotatable bonds is 7. The van der Waals surface area contributed by atoms with E-state index in [0.29, 0.717) is 28.4 Å². The molecule has 0 fully saturated rings. The Kier molecular flexibility index (Phi) is 6.00. The van der Waals surface area contributed by atoms with Gasteiger partial charge in [-0.25, -0.2) is 0 Å². The Morgan fingerprint density at radius 1 is 1.00 bits per heavy atom. The average Bonchev–Trinajstić information content (AvgIpc) is 2.62. The van der Waals surface area contributed by atoms with Gasteiger partial charge < -0.3 is 20.1 Å². The van der Waals surface area contributed by atoms with E-state index in [4.69, 9.17) is 9.47 Å². The van der Waals surface area contributed by atoms with E-state index in [-0.39, 0.29) is 11.7 Å². The van der Waals surface area contributed by atoms with Gasteiger partial charge in [0.25, 0.3) is 0 Å². The largest absolute Gasteiger partial charge is 0.497 e. The summed E-state index contributed by atoms with van der Waals surface area (Å²) in [7, 11) is 3.14. The van der Waals surface area contributed by atoms with E-state index < -0.39 is 6.04 Å². The maximum atomic E-state index is 12.4. The van der Waals surface area contributed by atoms with Gasteiger partial charge in [0.1, 0.15) is 17.5 Å². The second kappa shape index (κ2) is 8.19. The van der Waals surface area contributed by atoms with E-state index in [1.165, 1.54) is 6.92 Å². The fourth-order valence-corrected chi connectivity index (χ4v) is 2.26. The van der Waals surface area contributed by atoms with Crippen molar-refractivity contribution in [2.24, 2.45) is 0 Å². The molecule has 0 aromatic heterocycles. The van der Waals surface area contributed by atoms with Crippen LogP contribution in [0.5, 0.6) is 11.5 Å². The smallest absolute Gasteiger partial charge is 0.246 e. The first-order valence-corrected chi connectivity index (χ1v) is 7.85. The summed E-state index contributed by atoms with van der Waals surface area (Å²) in [5, 5.41) is 5.93. The molecule has 0 aliphatic rings. The molecular formula is C19H22N2O4. The van der Waals surface area contributed by atoms with E-state index in [1.54, 1.807) is 63.6 Å². The molecule has 0 aliphatic heterocycles. The van der Waals surface area contributed by atoms with Crippen molar-refractivity contribution in [2.45, 2.75) is 19.9 Å². The highest BCUT2D eigenvalue weighted by atomic mass is 16.5. The summed E-state index contributed by atoms with van der Waals surface area (Å²) in [6.45, 7) is 3.25. The Bertz CT molecular complexity index is 757. The highest BCUT2D eigenvalue weighted by Gasteiger charge is 2.15. The molecule has 0 spiro atoms. The highest BCUT2D eigenvalue weighted by molar-refractivity contribution is 5.98. The zero-order valence-corrected chi connectivity index (χ0v) is 14.8. The molecule has 2 N–H and O–H groups in total. The van der Waals surface area contributed by atoms with Gasteiger partial charge in [-0.3, -0.25) is 9.59 Å². The normalized spacial score (nSPS) is 11.4. The molecule has 0 heterocycles. The number of carbonyl (C=O) groups excluding carboxylic acids is 2. The molecule has 6 heteroatoms. The van der Waals surface area contributed by atoms with Gasteiger partial charge >= 0.3 is 0 Å². The Morgan fingerprint density at radius 2 is 1.68 bits per heavy atom. The first-order valence-electron chi connectivity index (χ1n) is 7.85. The van der Waals surface area contributed by atoms with Gasteiger partial charge in [0.15, 0.2) is 5.78 Å². The summed E-state index contributed by atoms with van der Waals surface area (Å²) in [6, 6.07) is 11.6. The van der Waals surface area contributed by atoms with Gasteiger partial charge in [-0.2, -0.15) is 0 Å². The number of anilines is 2. The summed E-state index contributed by atoms with van der Waals surface area (Å²) >= 11 is 0. The lowest BCUT2D eigenvalue weighted by molar-refractivity contribution is -0.116. The van der Waals surface area contributed by atoms with Crippen LogP contribution in [0.15, 0.2) is 42.5 Å². The molecule has 0 saturated heterocycles. The monoisotopic (exact) mass is 342 g/mol. The predicted octanol–water partition coefficient (Wildman–Crippen LogP) is 3.35. The van der Waals surface area contributed by atoms with Crippen LogP contribution in [0.1, 0.15) is 24.2 Å². The minimum Gasteiger partial charge on any atom is -0.497 e. The molecule has 25 heavy (non-hydrogen) atoms. The van der Waals surface area contributed by atoms with Crippen molar-refractivity contribution >= 4 is 23.1 Å². The zero-order chi connectivity index (χ0) is 18.4. The maximum Gasteiger partial charge on any atom is 0.246 e. The number of carbonyl (C=O) groups is 2. The van der Waals surface area contributed by atoms with E-state index in [2.05, 4.69) is 10.6 Å². The molecule has 0 radical (unpaired) electrons. The van der Waals surface area contributed by atoms with Gasteiger partial charge in [-0.15, -0.1) is 0 Å². The fourth-order valence-electron chi connectivity index (χ4n) is 2.26. The second-order valence-corrected chi connectivity index (χ2v) is 5.56. The van der Waals surface area contributed by atoms with Crippen molar-refractivity contribution in [3.63, 3.8) is 0 Å². The lowest BCUT2D eigenvalue weighted by Crippen LogP contribution is -2.32. The zero-order valence-electron chi connectivity index (χ0n) is 14.8. The molecule has 1 amide bonds. The van der Waals surface area contributed by atoms with Crippen molar-refractivity contribution < 1.29 is 19.1 Å². The van der Waals surface area contributed by atoms with Gasteiger partial charge in [-0.05, 0) is 50.2 Å². The molecule has 2 aromatic carbocycles. The number of ketones is 1. The maximum absolute atomic E-state index is 12.4. The Hall–Kier alpha value is -3.02. The Labute approximate surface area is 147 Å². The minimum atomic E-state index is -0.491. The van der Waals surface area contributed by atoms with E-state index in [1.807, 2.05) is 0 Å². The third-order valence-electron chi connectivity index (χ3n) is 3.73. The molecule has 0 bridgehead atoms. The predicted molar refractivity (Wildman–Crippen MR) is 97.7 cm³/mol. The van der Waals surface area contributed by atoms with E-state index in [0.717, 1.165) is 0 Å². The van der Waals surface area contributed by atoms with Crippen molar-refractivity contribution in [1.29, 1.82) is 0 Å². The van der Waals surface area contributed by atoms with Crippen molar-refractivity contribution in [2.75, 3.05) is 24.9 Å². The summed E-state index contributed by atoms with van der Waals surface area (Å²) in [4.78, 5) is 23.6. The molecule has 1 atom stereocenters. The lowest BCUT2D eigenvalue weighted by Gasteiger charge is -2.18. The van der Waals surface area contributed by atoms with Gasteiger partial charge in [0.2, 0.25) is 5.91 Å². The summed E-state index contributed by atoms with van der Waals surface area (Å²) in [5.41, 5.74) is 1.93. The van der Waals surface area contributed by atoms with Gasteiger partial charge in [-0.1, -0.05) is 0 Å². The van der Waals surface area contributed by atoms with Crippen molar-refractivity contribution in [3.05, 3.63) is 48.0 Å². The minimum absolute atomic E-state index is 0.0143. The van der Waals surface area contributed by atoms with Gasteiger partial charge in [0.05, 0.1) is 19.9 Å². The topological polar surface area (TPSA) is 76.7 Å². The molecular weight excluding hydrogens is 320 g/mol. The summed E-state index contributed by atoms with van der Waals surface area (Å²) < 4.78 is 10.5. The first kappa shape index (κ1) is 18.3. The standard InChI is InChI=1S/C19H22N2O4/c1-12(20-17-10-9-16(24-3)11-18(17)25-4)19(23)21-15-7-5-14(6-8-15)13(2)22/h5-12,20H,1-4H3,(H,21,23)/t12-/m1/s1. The third kappa shape index (κ3) is 4.73. The Morgan fingerprint density at radius 3 is 2.24 bits per heavy atom. The SMILES string of the molecule is COc1ccc(N[C@H](C)C(=O)Nc2ccc(C(C)=O)cc2)c(OC)c1. The number of benzene rings is 2. The first-order chi connectivity index (χ1) is 11.9. The molecule has 0 aliphatic carbocycles. The van der Waals surface area contributed by atoms with Crippen LogP contribution in [-0.4, -0.2) is 32.0 Å². The average molecular weight is 342 g/mol. The Balaban J connectivity index is 2.04. The van der Waals surface area contributed by atoms with Crippen LogP contribution in [0.3, 0.4) is 0 Å². The number of hydrogen-bond acceptors (Lipinski definition) is 5. The van der Waals surface area contributed by atoms with Crippen LogP contribution < -0.4 is 20.1 Å². The molecule has 0 unspecified atom stereocenters.